The number of piperidine rings is 1. The molecule has 0 aromatic rings. The van der Waals surface area contributed by atoms with E-state index in [1.54, 1.807) is 4.90 Å². The van der Waals surface area contributed by atoms with Crippen molar-refractivity contribution < 1.29 is 18.3 Å². The number of sulfone groups is 1. The van der Waals surface area contributed by atoms with E-state index in [9.17, 15) is 18.3 Å². The molecule has 1 amide bonds. The third kappa shape index (κ3) is 2.05. The molecule has 5 nitrogen and oxygen atoms in total. The van der Waals surface area contributed by atoms with E-state index >= 15 is 0 Å². The quantitative estimate of drug-likeness (QED) is 0.788. The van der Waals surface area contributed by atoms with Gasteiger partial charge in [-0.1, -0.05) is 0 Å². The van der Waals surface area contributed by atoms with Crippen molar-refractivity contribution in [2.45, 2.75) is 62.5 Å². The number of nitrogens with zero attached hydrogens (tertiary/aromatic N) is 1. The van der Waals surface area contributed by atoms with E-state index in [2.05, 4.69) is 0 Å². The van der Waals surface area contributed by atoms with E-state index in [-0.39, 0.29) is 24.1 Å². The standard InChI is InChI=1S/C12H21NO4S/c1-12(2,18(3,16)17)11(15)13-8-4-5-9(13)7-10(14)6-8/h8-10,14H,4-7H2,1-3H3. The van der Waals surface area contributed by atoms with Gasteiger partial charge in [-0.2, -0.15) is 0 Å². The van der Waals surface area contributed by atoms with Crippen LogP contribution < -0.4 is 0 Å². The van der Waals surface area contributed by atoms with Crippen molar-refractivity contribution >= 4 is 15.7 Å². The second-order valence-corrected chi connectivity index (χ2v) is 8.57. The molecule has 0 aromatic carbocycles. The maximum Gasteiger partial charge on any atom is 0.243 e. The number of hydrogen-bond acceptors (Lipinski definition) is 4. The van der Waals surface area contributed by atoms with Crippen LogP contribution in [0.25, 0.3) is 0 Å². The Labute approximate surface area is 108 Å². The van der Waals surface area contributed by atoms with Gasteiger partial charge in [-0.05, 0) is 39.5 Å². The molecule has 0 radical (unpaired) electrons. The molecular weight excluding hydrogens is 254 g/mol. The van der Waals surface area contributed by atoms with Crippen LogP contribution >= 0.6 is 0 Å². The largest absolute Gasteiger partial charge is 0.393 e. The summed E-state index contributed by atoms with van der Waals surface area (Å²) in [5.74, 6) is -0.315. The zero-order chi connectivity index (χ0) is 13.7. The van der Waals surface area contributed by atoms with Crippen molar-refractivity contribution in [3.05, 3.63) is 0 Å². The molecule has 0 saturated carbocycles. The molecule has 6 heteroatoms. The van der Waals surface area contributed by atoms with Gasteiger partial charge in [0.05, 0.1) is 6.10 Å². The minimum Gasteiger partial charge on any atom is -0.393 e. The Bertz CT molecular complexity index is 443. The summed E-state index contributed by atoms with van der Waals surface area (Å²) in [6.07, 6.45) is 3.63. The van der Waals surface area contributed by atoms with E-state index in [0.29, 0.717) is 12.8 Å². The van der Waals surface area contributed by atoms with Gasteiger partial charge in [0.15, 0.2) is 9.84 Å². The SMILES string of the molecule is CC(C)(C(=O)N1C2CCC1CC(O)C2)S(C)(=O)=O. The maximum absolute atomic E-state index is 12.5. The van der Waals surface area contributed by atoms with Crippen molar-refractivity contribution in [1.82, 2.24) is 4.90 Å². The minimum absolute atomic E-state index is 0.00674. The van der Waals surface area contributed by atoms with Gasteiger partial charge < -0.3 is 10.0 Å². The Balaban J connectivity index is 2.26. The Hall–Kier alpha value is -0.620. The van der Waals surface area contributed by atoms with E-state index in [1.807, 2.05) is 0 Å². The van der Waals surface area contributed by atoms with Crippen LogP contribution in [0.15, 0.2) is 0 Å². The van der Waals surface area contributed by atoms with E-state index < -0.39 is 14.6 Å². The first kappa shape index (κ1) is 13.8. The lowest BCUT2D eigenvalue weighted by molar-refractivity contribution is -0.139. The summed E-state index contributed by atoms with van der Waals surface area (Å²) >= 11 is 0. The zero-order valence-corrected chi connectivity index (χ0v) is 11.9. The van der Waals surface area contributed by atoms with Gasteiger partial charge in [-0.3, -0.25) is 4.79 Å². The van der Waals surface area contributed by atoms with E-state index in [4.69, 9.17) is 0 Å². The maximum atomic E-state index is 12.5. The van der Waals surface area contributed by atoms with Crippen LogP contribution in [0.1, 0.15) is 39.5 Å². The van der Waals surface area contributed by atoms with Crippen molar-refractivity contribution in [2.75, 3.05) is 6.26 Å². The number of hydrogen-bond donors (Lipinski definition) is 1. The molecule has 0 spiro atoms. The second kappa shape index (κ2) is 4.20. The van der Waals surface area contributed by atoms with Gasteiger partial charge >= 0.3 is 0 Å². The average Bonchev–Trinajstić information content (AvgIpc) is 2.48. The smallest absolute Gasteiger partial charge is 0.243 e. The van der Waals surface area contributed by atoms with Crippen LogP contribution in [0.4, 0.5) is 0 Å². The lowest BCUT2D eigenvalue weighted by Gasteiger charge is -2.40. The predicted molar refractivity (Wildman–Crippen MR) is 67.8 cm³/mol. The molecule has 2 bridgehead atoms. The van der Waals surface area contributed by atoms with Gasteiger partial charge in [-0.25, -0.2) is 8.42 Å². The summed E-state index contributed by atoms with van der Waals surface area (Å²) in [7, 11) is -3.44. The Kier molecular flexibility index (Phi) is 3.22. The number of fused-ring (bicyclic) bond motifs is 2. The number of carbonyl (C=O) groups is 1. The highest BCUT2D eigenvalue weighted by molar-refractivity contribution is 7.92. The highest BCUT2D eigenvalue weighted by Gasteiger charge is 2.49. The fourth-order valence-electron chi connectivity index (χ4n) is 2.95. The van der Waals surface area contributed by atoms with Crippen LogP contribution in [-0.4, -0.2) is 53.5 Å². The summed E-state index contributed by atoms with van der Waals surface area (Å²) < 4.78 is 22.1. The fraction of sp³-hybridized carbons (Fsp3) is 0.917. The molecule has 2 fully saturated rings. The Morgan fingerprint density at radius 2 is 1.67 bits per heavy atom. The summed E-state index contributed by atoms with van der Waals surface area (Å²) in [4.78, 5) is 14.2. The van der Waals surface area contributed by atoms with Gasteiger partial charge in [0.2, 0.25) is 5.91 Å². The monoisotopic (exact) mass is 275 g/mol. The van der Waals surface area contributed by atoms with Crippen LogP contribution in [0.2, 0.25) is 0 Å². The summed E-state index contributed by atoms with van der Waals surface area (Å²) in [6, 6.07) is 0.0135. The third-order valence-corrected chi connectivity index (χ3v) is 6.41. The van der Waals surface area contributed by atoms with E-state index in [0.717, 1.165) is 19.1 Å². The molecule has 0 aromatic heterocycles. The van der Waals surface area contributed by atoms with Gasteiger partial charge in [-0.15, -0.1) is 0 Å². The Morgan fingerprint density at radius 3 is 2.06 bits per heavy atom. The number of carbonyl (C=O) groups excluding carboxylic acids is 1. The third-order valence-electron chi connectivity index (χ3n) is 4.38. The average molecular weight is 275 g/mol. The normalized spacial score (nSPS) is 32.7. The van der Waals surface area contributed by atoms with Crippen LogP contribution in [0.3, 0.4) is 0 Å². The summed E-state index contributed by atoms with van der Waals surface area (Å²) in [6.45, 7) is 2.93. The molecule has 2 saturated heterocycles. The first-order valence-corrected chi connectivity index (χ1v) is 8.24. The Morgan fingerprint density at radius 1 is 1.22 bits per heavy atom. The molecule has 104 valence electrons. The molecule has 2 unspecified atom stereocenters. The second-order valence-electron chi connectivity index (χ2n) is 6.01. The predicted octanol–water partition coefficient (Wildman–Crippen LogP) is 0.324. The van der Waals surface area contributed by atoms with Crippen molar-refractivity contribution in [1.29, 1.82) is 0 Å². The van der Waals surface area contributed by atoms with Gasteiger partial charge in [0, 0.05) is 18.3 Å². The summed E-state index contributed by atoms with van der Waals surface area (Å²) in [5, 5.41) is 9.70. The molecule has 1 N–H and O–H groups in total. The molecule has 2 aliphatic heterocycles. The van der Waals surface area contributed by atoms with Crippen LogP contribution in [0.5, 0.6) is 0 Å². The van der Waals surface area contributed by atoms with Gasteiger partial charge in [0.1, 0.15) is 4.75 Å². The first-order chi connectivity index (χ1) is 8.14. The number of rotatable bonds is 2. The fourth-order valence-corrected chi connectivity index (χ4v) is 3.37. The molecule has 2 aliphatic rings. The molecule has 2 atom stereocenters. The number of aliphatic hydroxyl groups excluding tert-OH is 1. The molecule has 2 rings (SSSR count). The summed E-state index contributed by atoms with van der Waals surface area (Å²) in [5.41, 5.74) is 0. The highest BCUT2D eigenvalue weighted by atomic mass is 32.2. The van der Waals surface area contributed by atoms with Crippen LogP contribution in [0, 0.1) is 0 Å². The number of amides is 1. The minimum atomic E-state index is -3.44. The topological polar surface area (TPSA) is 74.7 Å². The highest BCUT2D eigenvalue weighted by Crippen LogP contribution is 2.38. The van der Waals surface area contributed by atoms with Crippen LogP contribution in [-0.2, 0) is 14.6 Å². The van der Waals surface area contributed by atoms with Gasteiger partial charge in [0.25, 0.3) is 0 Å². The molecular formula is C12H21NO4S. The molecule has 2 heterocycles. The van der Waals surface area contributed by atoms with Crippen molar-refractivity contribution in [2.24, 2.45) is 0 Å². The number of aliphatic hydroxyl groups is 1. The van der Waals surface area contributed by atoms with E-state index in [1.165, 1.54) is 13.8 Å². The zero-order valence-electron chi connectivity index (χ0n) is 11.1. The van der Waals surface area contributed by atoms with Crippen molar-refractivity contribution in [3.8, 4) is 0 Å². The lowest BCUT2D eigenvalue weighted by Crippen LogP contribution is -2.56. The molecule has 18 heavy (non-hydrogen) atoms. The van der Waals surface area contributed by atoms with Crippen molar-refractivity contribution in [3.63, 3.8) is 0 Å². The molecule has 0 aliphatic carbocycles. The first-order valence-electron chi connectivity index (χ1n) is 6.35. The lowest BCUT2D eigenvalue weighted by atomic mass is 9.98.